The van der Waals surface area contributed by atoms with Crippen molar-refractivity contribution in [1.29, 1.82) is 0 Å². The van der Waals surface area contributed by atoms with Crippen LogP contribution in [0.1, 0.15) is 19.4 Å². The van der Waals surface area contributed by atoms with E-state index >= 15 is 0 Å². The molecule has 150 valence electrons. The van der Waals surface area contributed by atoms with E-state index in [-0.39, 0.29) is 6.54 Å². The molecule has 2 atom stereocenters. The number of amides is 1. The second-order valence-electron chi connectivity index (χ2n) is 6.79. The van der Waals surface area contributed by atoms with Crippen LogP contribution in [0.5, 0.6) is 0 Å². The lowest BCUT2D eigenvalue weighted by Crippen LogP contribution is -2.69. The van der Waals surface area contributed by atoms with Crippen LogP contribution >= 0.6 is 0 Å². The molecular formula is C21H24F2N2O3. The van der Waals surface area contributed by atoms with Gasteiger partial charge in [0.2, 0.25) is 0 Å². The highest BCUT2D eigenvalue weighted by Crippen LogP contribution is 2.29. The maximum atomic E-state index is 13.2. The van der Waals surface area contributed by atoms with Gasteiger partial charge in [-0.2, -0.15) is 0 Å². The van der Waals surface area contributed by atoms with E-state index in [1.165, 1.54) is 5.48 Å². The van der Waals surface area contributed by atoms with Gasteiger partial charge in [0.1, 0.15) is 11.1 Å². The fourth-order valence-corrected chi connectivity index (χ4v) is 2.69. The number of halogens is 2. The van der Waals surface area contributed by atoms with Crippen molar-refractivity contribution in [2.75, 3.05) is 6.54 Å². The molecule has 0 saturated carbocycles. The summed E-state index contributed by atoms with van der Waals surface area (Å²) >= 11 is 0. The van der Waals surface area contributed by atoms with Crippen LogP contribution in [0.2, 0.25) is 0 Å². The number of hydrogen-bond acceptors (Lipinski definition) is 4. The normalized spacial score (nSPS) is 16.0. The first kappa shape index (κ1) is 21.7. The molecule has 0 spiro atoms. The third-order valence-corrected chi connectivity index (χ3v) is 4.89. The minimum Gasteiger partial charge on any atom is -0.382 e. The van der Waals surface area contributed by atoms with Crippen LogP contribution in [0.4, 0.5) is 8.78 Å². The Morgan fingerprint density at radius 2 is 1.64 bits per heavy atom. The van der Waals surface area contributed by atoms with E-state index in [9.17, 15) is 18.7 Å². The summed E-state index contributed by atoms with van der Waals surface area (Å²) in [6.07, 6.45) is 0.204. The number of carbonyl (C=O) groups excluding carboxylic acids is 1. The van der Waals surface area contributed by atoms with Gasteiger partial charge in [0.25, 0.3) is 12.3 Å². The molecule has 0 radical (unpaired) electrons. The van der Waals surface area contributed by atoms with Crippen LogP contribution in [0, 0.1) is 0 Å². The van der Waals surface area contributed by atoms with Crippen molar-refractivity contribution >= 4 is 12.0 Å². The Labute approximate surface area is 162 Å². The van der Waals surface area contributed by atoms with Crippen LogP contribution in [0.15, 0.2) is 60.7 Å². The number of hydroxylamine groups is 1. The summed E-state index contributed by atoms with van der Waals surface area (Å²) in [6.45, 7) is 1.96. The van der Waals surface area contributed by atoms with Gasteiger partial charge in [-0.25, -0.2) is 14.3 Å². The van der Waals surface area contributed by atoms with Gasteiger partial charge in [-0.3, -0.25) is 15.3 Å². The Kier molecular flexibility index (Phi) is 7.01. The average molecular weight is 390 g/mol. The third-order valence-electron chi connectivity index (χ3n) is 4.89. The molecule has 0 fully saturated rings. The second kappa shape index (κ2) is 9.05. The zero-order valence-corrected chi connectivity index (χ0v) is 15.7. The summed E-state index contributed by atoms with van der Waals surface area (Å²) in [7, 11) is 0. The van der Waals surface area contributed by atoms with E-state index in [0.717, 1.165) is 30.5 Å². The molecule has 2 aromatic carbocycles. The van der Waals surface area contributed by atoms with Gasteiger partial charge >= 0.3 is 0 Å². The SMILES string of the molecule is C[C@@](NC/C=C/c1ccc(-c2ccccc2)cc1)(C(=O)NO)[C@](C)(O)C(F)F. The highest BCUT2D eigenvalue weighted by Gasteiger charge is 2.54. The van der Waals surface area contributed by atoms with E-state index in [0.29, 0.717) is 0 Å². The van der Waals surface area contributed by atoms with E-state index < -0.39 is 23.5 Å². The van der Waals surface area contributed by atoms with Gasteiger partial charge in [-0.1, -0.05) is 66.7 Å². The highest BCUT2D eigenvalue weighted by atomic mass is 19.3. The van der Waals surface area contributed by atoms with Crippen molar-refractivity contribution < 1.29 is 23.9 Å². The second-order valence-corrected chi connectivity index (χ2v) is 6.79. The minimum atomic E-state index is -3.20. The first-order chi connectivity index (χ1) is 13.2. The number of aliphatic hydroxyl groups is 1. The quantitative estimate of drug-likeness (QED) is 0.412. The van der Waals surface area contributed by atoms with E-state index in [4.69, 9.17) is 5.21 Å². The maximum Gasteiger partial charge on any atom is 0.268 e. The molecule has 0 aromatic heterocycles. The standard InChI is InChI=1S/C21H24F2N2O3/c1-20(19(26)25-28,21(2,27)18(22)23)24-14-6-7-15-10-12-17(13-11-15)16-8-4-3-5-9-16/h3-13,18,24,27-28H,14H2,1-2H3,(H,25,26)/b7-6+/t20-,21-/m1/s1. The molecule has 0 aliphatic carbocycles. The molecular weight excluding hydrogens is 366 g/mol. The molecule has 2 rings (SSSR count). The van der Waals surface area contributed by atoms with Crippen LogP contribution < -0.4 is 10.8 Å². The summed E-state index contributed by atoms with van der Waals surface area (Å²) in [5, 5.41) is 21.5. The summed E-state index contributed by atoms with van der Waals surface area (Å²) in [4.78, 5) is 11.9. The Morgan fingerprint density at radius 3 is 2.18 bits per heavy atom. The number of carbonyl (C=O) groups is 1. The lowest BCUT2D eigenvalue weighted by atomic mass is 9.81. The number of benzene rings is 2. The first-order valence-electron chi connectivity index (χ1n) is 8.74. The summed E-state index contributed by atoms with van der Waals surface area (Å²) in [6, 6.07) is 17.6. The van der Waals surface area contributed by atoms with E-state index in [2.05, 4.69) is 5.32 Å². The molecule has 0 aliphatic rings. The van der Waals surface area contributed by atoms with Crippen molar-refractivity contribution in [1.82, 2.24) is 10.8 Å². The summed E-state index contributed by atoms with van der Waals surface area (Å²) in [5.74, 6) is -1.15. The van der Waals surface area contributed by atoms with E-state index in [1.807, 2.05) is 54.6 Å². The topological polar surface area (TPSA) is 81.6 Å². The smallest absolute Gasteiger partial charge is 0.268 e. The van der Waals surface area contributed by atoms with E-state index in [1.54, 1.807) is 12.2 Å². The van der Waals surface area contributed by atoms with Crippen molar-refractivity contribution in [3.8, 4) is 11.1 Å². The molecule has 4 N–H and O–H groups in total. The van der Waals surface area contributed by atoms with Gasteiger partial charge in [-0.15, -0.1) is 0 Å². The van der Waals surface area contributed by atoms with Crippen molar-refractivity contribution in [3.63, 3.8) is 0 Å². The Balaban J connectivity index is 2.06. The maximum absolute atomic E-state index is 13.2. The molecule has 0 saturated heterocycles. The van der Waals surface area contributed by atoms with Crippen LogP contribution in [-0.2, 0) is 4.79 Å². The van der Waals surface area contributed by atoms with Crippen molar-refractivity contribution in [3.05, 3.63) is 66.2 Å². The Morgan fingerprint density at radius 1 is 1.07 bits per heavy atom. The predicted molar refractivity (Wildman–Crippen MR) is 104 cm³/mol. The average Bonchev–Trinajstić information content (AvgIpc) is 2.71. The van der Waals surface area contributed by atoms with Crippen LogP contribution in [-0.4, -0.2) is 40.3 Å². The first-order valence-corrected chi connectivity index (χ1v) is 8.74. The molecule has 0 aliphatic heterocycles. The number of rotatable bonds is 8. The Bertz CT molecular complexity index is 808. The lowest BCUT2D eigenvalue weighted by molar-refractivity contribution is -0.166. The monoisotopic (exact) mass is 390 g/mol. The summed E-state index contributed by atoms with van der Waals surface area (Å²) < 4.78 is 26.4. The number of nitrogens with one attached hydrogen (secondary N) is 2. The fraction of sp³-hybridized carbons (Fsp3) is 0.286. The minimum absolute atomic E-state index is 0.0211. The van der Waals surface area contributed by atoms with Crippen molar-refractivity contribution in [2.45, 2.75) is 31.4 Å². The highest BCUT2D eigenvalue weighted by molar-refractivity contribution is 5.86. The number of alkyl halides is 2. The zero-order valence-electron chi connectivity index (χ0n) is 15.7. The van der Waals surface area contributed by atoms with Crippen molar-refractivity contribution in [2.24, 2.45) is 0 Å². The zero-order chi connectivity index (χ0) is 20.8. The molecule has 7 heteroatoms. The lowest BCUT2D eigenvalue weighted by Gasteiger charge is -2.40. The van der Waals surface area contributed by atoms with Gasteiger partial charge < -0.3 is 5.11 Å². The molecule has 2 aromatic rings. The fourth-order valence-electron chi connectivity index (χ4n) is 2.69. The Hall–Kier alpha value is -2.61. The van der Waals surface area contributed by atoms with Gasteiger partial charge in [0.05, 0.1) is 0 Å². The largest absolute Gasteiger partial charge is 0.382 e. The molecule has 28 heavy (non-hydrogen) atoms. The van der Waals surface area contributed by atoms with Gasteiger partial charge in [0.15, 0.2) is 0 Å². The molecule has 0 bridgehead atoms. The third kappa shape index (κ3) is 4.62. The molecule has 0 unspecified atom stereocenters. The van der Waals surface area contributed by atoms with Gasteiger partial charge in [0, 0.05) is 6.54 Å². The molecule has 0 heterocycles. The van der Waals surface area contributed by atoms with Crippen LogP contribution in [0.3, 0.4) is 0 Å². The van der Waals surface area contributed by atoms with Gasteiger partial charge in [-0.05, 0) is 30.5 Å². The summed E-state index contributed by atoms with van der Waals surface area (Å²) in [5.41, 5.74) is -0.414. The molecule has 1 amide bonds. The molecule has 5 nitrogen and oxygen atoms in total. The van der Waals surface area contributed by atoms with Crippen LogP contribution in [0.25, 0.3) is 17.2 Å². The number of hydrogen-bond donors (Lipinski definition) is 4. The predicted octanol–water partition coefficient (Wildman–Crippen LogP) is 3.24.